The molecule has 0 fully saturated rings. The Labute approximate surface area is 147 Å². The van der Waals surface area contributed by atoms with E-state index in [9.17, 15) is 4.79 Å². The molecular formula is C20H22N4O. The molecule has 0 aliphatic rings. The number of benzene rings is 1. The maximum atomic E-state index is 12.1. The third-order valence-corrected chi connectivity index (χ3v) is 4.21. The molecule has 128 valence electrons. The van der Waals surface area contributed by atoms with Crippen molar-refractivity contribution < 1.29 is 4.79 Å². The monoisotopic (exact) mass is 334 g/mol. The van der Waals surface area contributed by atoms with Crippen molar-refractivity contribution in [2.45, 2.75) is 26.7 Å². The van der Waals surface area contributed by atoms with Crippen molar-refractivity contribution in [3.63, 3.8) is 0 Å². The zero-order chi connectivity index (χ0) is 17.6. The fourth-order valence-electron chi connectivity index (χ4n) is 2.91. The molecule has 1 N–H and O–H groups in total. The zero-order valence-electron chi connectivity index (χ0n) is 14.6. The van der Waals surface area contributed by atoms with E-state index in [1.807, 2.05) is 67.1 Å². The minimum atomic E-state index is 0.0404. The number of aryl methyl sites for hydroxylation is 1. The van der Waals surface area contributed by atoms with Crippen molar-refractivity contribution in [1.82, 2.24) is 20.1 Å². The topological polar surface area (TPSA) is 59.8 Å². The van der Waals surface area contributed by atoms with E-state index in [1.165, 1.54) is 0 Å². The highest BCUT2D eigenvalue weighted by molar-refractivity contribution is 5.78. The summed E-state index contributed by atoms with van der Waals surface area (Å²) in [4.78, 5) is 16.4. The third-order valence-electron chi connectivity index (χ3n) is 4.21. The molecule has 2 heterocycles. The Morgan fingerprint density at radius 1 is 1.08 bits per heavy atom. The summed E-state index contributed by atoms with van der Waals surface area (Å²) in [5.74, 6) is 0.848. The van der Waals surface area contributed by atoms with Crippen LogP contribution in [0.4, 0.5) is 0 Å². The van der Waals surface area contributed by atoms with E-state index < -0.39 is 0 Å². The Balaban J connectivity index is 1.60. The quantitative estimate of drug-likeness (QED) is 0.754. The van der Waals surface area contributed by atoms with E-state index in [0.29, 0.717) is 13.0 Å². The van der Waals surface area contributed by atoms with E-state index >= 15 is 0 Å². The summed E-state index contributed by atoms with van der Waals surface area (Å²) in [6.45, 7) is 4.63. The number of nitrogens with zero attached hydrogens (tertiary/aromatic N) is 3. The van der Waals surface area contributed by atoms with Crippen molar-refractivity contribution >= 4 is 5.91 Å². The van der Waals surface area contributed by atoms with Gasteiger partial charge in [0.2, 0.25) is 5.91 Å². The number of nitrogens with one attached hydrogen (secondary N) is 1. The summed E-state index contributed by atoms with van der Waals surface area (Å²) in [5.41, 5.74) is 4.22. The van der Waals surface area contributed by atoms with Crippen LogP contribution in [0, 0.1) is 13.8 Å². The lowest BCUT2D eigenvalue weighted by atomic mass is 10.1. The standard InChI is InChI=1S/C20H22N4O/c1-15-18(16(2)24(23-15)19-10-6-7-12-21-19)11-13-22-20(25)14-17-8-4-3-5-9-17/h3-10,12H,11,13-14H2,1-2H3,(H,22,25). The molecule has 0 aliphatic carbocycles. The summed E-state index contributed by atoms with van der Waals surface area (Å²) in [7, 11) is 0. The van der Waals surface area contributed by atoms with Gasteiger partial charge in [-0.2, -0.15) is 5.10 Å². The zero-order valence-corrected chi connectivity index (χ0v) is 14.6. The summed E-state index contributed by atoms with van der Waals surface area (Å²) in [6, 6.07) is 15.5. The largest absolute Gasteiger partial charge is 0.355 e. The van der Waals surface area contributed by atoms with Crippen molar-refractivity contribution in [3.8, 4) is 5.82 Å². The average molecular weight is 334 g/mol. The van der Waals surface area contributed by atoms with Gasteiger partial charge >= 0.3 is 0 Å². The molecule has 1 amide bonds. The summed E-state index contributed by atoms with van der Waals surface area (Å²) >= 11 is 0. The molecule has 25 heavy (non-hydrogen) atoms. The van der Waals surface area contributed by atoms with Crippen LogP contribution < -0.4 is 5.32 Å². The minimum absolute atomic E-state index is 0.0404. The summed E-state index contributed by atoms with van der Waals surface area (Å²) < 4.78 is 1.86. The number of pyridine rings is 1. The first-order valence-electron chi connectivity index (χ1n) is 8.42. The van der Waals surface area contributed by atoms with Crippen LogP contribution in [0.3, 0.4) is 0 Å². The molecule has 0 spiro atoms. The van der Waals surface area contributed by atoms with Crippen LogP contribution in [0.2, 0.25) is 0 Å². The van der Waals surface area contributed by atoms with E-state index in [0.717, 1.165) is 34.8 Å². The molecule has 5 heteroatoms. The lowest BCUT2D eigenvalue weighted by Crippen LogP contribution is -2.27. The van der Waals surface area contributed by atoms with Gasteiger partial charge in [0, 0.05) is 18.4 Å². The smallest absolute Gasteiger partial charge is 0.224 e. The molecule has 3 aromatic rings. The Hall–Kier alpha value is -2.95. The number of aromatic nitrogens is 3. The Morgan fingerprint density at radius 3 is 2.56 bits per heavy atom. The maximum Gasteiger partial charge on any atom is 0.224 e. The molecule has 0 aliphatic heterocycles. The molecule has 5 nitrogen and oxygen atoms in total. The fourth-order valence-corrected chi connectivity index (χ4v) is 2.91. The van der Waals surface area contributed by atoms with Crippen LogP contribution in [-0.4, -0.2) is 27.2 Å². The minimum Gasteiger partial charge on any atom is -0.355 e. The van der Waals surface area contributed by atoms with Crippen molar-refractivity contribution in [2.24, 2.45) is 0 Å². The number of rotatable bonds is 6. The van der Waals surface area contributed by atoms with Gasteiger partial charge in [-0.1, -0.05) is 36.4 Å². The molecule has 2 aromatic heterocycles. The Kier molecular flexibility index (Phi) is 5.23. The number of carbonyl (C=O) groups is 1. The van der Waals surface area contributed by atoms with Crippen LogP contribution in [0.5, 0.6) is 0 Å². The highest BCUT2D eigenvalue weighted by atomic mass is 16.1. The maximum absolute atomic E-state index is 12.1. The van der Waals surface area contributed by atoms with Gasteiger partial charge in [-0.25, -0.2) is 9.67 Å². The van der Waals surface area contributed by atoms with Crippen LogP contribution in [0.15, 0.2) is 54.7 Å². The number of carbonyl (C=O) groups excluding carboxylic acids is 1. The van der Waals surface area contributed by atoms with Gasteiger partial charge in [0.25, 0.3) is 0 Å². The molecule has 0 unspecified atom stereocenters. The molecule has 0 bridgehead atoms. The van der Waals surface area contributed by atoms with Gasteiger partial charge in [-0.3, -0.25) is 4.79 Å². The number of hydrogen-bond acceptors (Lipinski definition) is 3. The first-order chi connectivity index (χ1) is 12.1. The van der Waals surface area contributed by atoms with Gasteiger partial charge in [0.15, 0.2) is 5.82 Å². The second-order valence-electron chi connectivity index (χ2n) is 6.01. The van der Waals surface area contributed by atoms with Crippen LogP contribution in [0.1, 0.15) is 22.5 Å². The summed E-state index contributed by atoms with van der Waals surface area (Å²) in [6.07, 6.45) is 2.92. The first kappa shape index (κ1) is 16.9. The lowest BCUT2D eigenvalue weighted by molar-refractivity contribution is -0.120. The van der Waals surface area contributed by atoms with Crippen molar-refractivity contribution in [3.05, 3.63) is 77.2 Å². The van der Waals surface area contributed by atoms with E-state index in [4.69, 9.17) is 0 Å². The van der Waals surface area contributed by atoms with Crippen LogP contribution >= 0.6 is 0 Å². The molecular weight excluding hydrogens is 312 g/mol. The second kappa shape index (κ2) is 7.75. The molecule has 3 rings (SSSR count). The van der Waals surface area contributed by atoms with Crippen LogP contribution in [-0.2, 0) is 17.6 Å². The van der Waals surface area contributed by atoms with Crippen molar-refractivity contribution in [2.75, 3.05) is 6.54 Å². The third kappa shape index (κ3) is 4.12. The number of amides is 1. The summed E-state index contributed by atoms with van der Waals surface area (Å²) in [5, 5.41) is 7.58. The van der Waals surface area contributed by atoms with Crippen molar-refractivity contribution in [1.29, 1.82) is 0 Å². The normalized spacial score (nSPS) is 10.6. The molecule has 0 saturated heterocycles. The first-order valence-corrected chi connectivity index (χ1v) is 8.42. The highest BCUT2D eigenvalue weighted by Gasteiger charge is 2.13. The molecule has 0 radical (unpaired) electrons. The second-order valence-corrected chi connectivity index (χ2v) is 6.01. The van der Waals surface area contributed by atoms with E-state index in [1.54, 1.807) is 6.20 Å². The fraction of sp³-hybridized carbons (Fsp3) is 0.250. The molecule has 0 saturated carbocycles. The van der Waals surface area contributed by atoms with Gasteiger partial charge < -0.3 is 5.32 Å². The van der Waals surface area contributed by atoms with E-state index in [-0.39, 0.29) is 5.91 Å². The predicted molar refractivity (Wildman–Crippen MR) is 97.7 cm³/mol. The lowest BCUT2D eigenvalue weighted by Gasteiger charge is -2.07. The van der Waals surface area contributed by atoms with Gasteiger partial charge in [0.05, 0.1) is 12.1 Å². The molecule has 1 aromatic carbocycles. The predicted octanol–water partition coefficient (Wildman–Crippen LogP) is 2.79. The van der Waals surface area contributed by atoms with Gasteiger partial charge in [-0.05, 0) is 43.5 Å². The van der Waals surface area contributed by atoms with Gasteiger partial charge in [0.1, 0.15) is 0 Å². The number of hydrogen-bond donors (Lipinski definition) is 1. The highest BCUT2D eigenvalue weighted by Crippen LogP contribution is 2.16. The SMILES string of the molecule is Cc1nn(-c2ccccn2)c(C)c1CCNC(=O)Cc1ccccc1. The van der Waals surface area contributed by atoms with E-state index in [2.05, 4.69) is 15.4 Å². The van der Waals surface area contributed by atoms with Crippen LogP contribution in [0.25, 0.3) is 5.82 Å². The Morgan fingerprint density at radius 2 is 1.84 bits per heavy atom. The molecule has 0 atom stereocenters. The average Bonchev–Trinajstić information content (AvgIpc) is 2.91. The Bertz CT molecular complexity index is 841. The van der Waals surface area contributed by atoms with Gasteiger partial charge in [-0.15, -0.1) is 0 Å².